The van der Waals surface area contributed by atoms with Gasteiger partial charge in [0.1, 0.15) is 6.33 Å². The maximum absolute atomic E-state index is 5.25. The summed E-state index contributed by atoms with van der Waals surface area (Å²) in [5, 5.41) is 0. The molecule has 0 N–H and O–H groups in total. The predicted octanol–water partition coefficient (Wildman–Crippen LogP) is 2.73. The van der Waals surface area contributed by atoms with Crippen LogP contribution in [-0.4, -0.2) is 17.1 Å². The summed E-state index contributed by atoms with van der Waals surface area (Å²) in [5.41, 5.74) is 2.22. The first-order valence-corrected chi connectivity index (χ1v) is 4.96. The Morgan fingerprint density at radius 2 is 1.71 bits per heavy atom. The van der Waals surface area contributed by atoms with Gasteiger partial charge in [-0.2, -0.15) is 0 Å². The molecular formula is C11H18N2O. The second-order valence-corrected chi connectivity index (χ2v) is 3.99. The molecule has 0 saturated heterocycles. The highest BCUT2D eigenvalue weighted by Crippen LogP contribution is 2.30. The number of rotatable bonds is 3. The smallest absolute Gasteiger partial charge is 0.219 e. The third-order valence-electron chi connectivity index (χ3n) is 2.20. The minimum atomic E-state index is 0.392. The van der Waals surface area contributed by atoms with Crippen molar-refractivity contribution in [1.29, 1.82) is 0 Å². The molecule has 0 aliphatic rings. The van der Waals surface area contributed by atoms with Crippen molar-refractivity contribution in [2.75, 3.05) is 7.11 Å². The lowest BCUT2D eigenvalue weighted by Crippen LogP contribution is -2.06. The third-order valence-corrected chi connectivity index (χ3v) is 2.20. The fourth-order valence-electron chi connectivity index (χ4n) is 1.56. The molecular weight excluding hydrogens is 176 g/mol. The molecule has 0 saturated carbocycles. The molecule has 0 atom stereocenters. The number of aromatic nitrogens is 2. The quantitative estimate of drug-likeness (QED) is 0.742. The zero-order valence-electron chi connectivity index (χ0n) is 9.53. The van der Waals surface area contributed by atoms with Crippen LogP contribution in [0.1, 0.15) is 50.8 Å². The van der Waals surface area contributed by atoms with E-state index in [-0.39, 0.29) is 0 Å². The lowest BCUT2D eigenvalue weighted by molar-refractivity contribution is 0.387. The van der Waals surface area contributed by atoms with Gasteiger partial charge in [0.15, 0.2) is 0 Å². The van der Waals surface area contributed by atoms with Gasteiger partial charge >= 0.3 is 0 Å². The van der Waals surface area contributed by atoms with Crippen LogP contribution in [0.15, 0.2) is 6.33 Å². The molecule has 0 spiro atoms. The topological polar surface area (TPSA) is 35.0 Å². The second-order valence-electron chi connectivity index (χ2n) is 3.99. The summed E-state index contributed by atoms with van der Waals surface area (Å²) in [6.45, 7) is 8.53. The lowest BCUT2D eigenvalue weighted by Gasteiger charge is -2.16. The molecule has 1 heterocycles. The average Bonchev–Trinajstić information content (AvgIpc) is 2.16. The van der Waals surface area contributed by atoms with Gasteiger partial charge in [-0.1, -0.05) is 27.7 Å². The van der Waals surface area contributed by atoms with Gasteiger partial charge in [0, 0.05) is 5.56 Å². The Hall–Kier alpha value is -1.12. The van der Waals surface area contributed by atoms with E-state index in [9.17, 15) is 0 Å². The normalized spacial score (nSPS) is 11.1. The highest BCUT2D eigenvalue weighted by molar-refractivity contribution is 5.34. The minimum absolute atomic E-state index is 0.392. The van der Waals surface area contributed by atoms with Gasteiger partial charge in [0.2, 0.25) is 5.88 Å². The lowest BCUT2D eigenvalue weighted by atomic mass is 9.96. The molecule has 78 valence electrons. The summed E-state index contributed by atoms with van der Waals surface area (Å²) in [5.74, 6) is 1.51. The van der Waals surface area contributed by atoms with E-state index in [1.807, 2.05) is 0 Å². The molecule has 14 heavy (non-hydrogen) atoms. The Morgan fingerprint density at radius 3 is 2.14 bits per heavy atom. The number of hydrogen-bond acceptors (Lipinski definition) is 3. The van der Waals surface area contributed by atoms with Crippen molar-refractivity contribution in [2.45, 2.75) is 39.5 Å². The summed E-state index contributed by atoms with van der Waals surface area (Å²) < 4.78 is 5.25. The van der Waals surface area contributed by atoms with Crippen molar-refractivity contribution < 1.29 is 4.74 Å². The predicted molar refractivity (Wildman–Crippen MR) is 56.8 cm³/mol. The first-order valence-electron chi connectivity index (χ1n) is 4.96. The molecule has 0 radical (unpaired) electrons. The van der Waals surface area contributed by atoms with E-state index in [1.165, 1.54) is 0 Å². The van der Waals surface area contributed by atoms with Crippen molar-refractivity contribution in [3.05, 3.63) is 17.6 Å². The first kappa shape index (κ1) is 11.0. The summed E-state index contributed by atoms with van der Waals surface area (Å²) in [6.07, 6.45) is 1.57. The molecule has 0 aliphatic carbocycles. The highest BCUT2D eigenvalue weighted by atomic mass is 16.5. The number of ether oxygens (including phenoxy) is 1. The monoisotopic (exact) mass is 194 g/mol. The number of nitrogens with zero attached hydrogens (tertiary/aromatic N) is 2. The van der Waals surface area contributed by atoms with Gasteiger partial charge in [-0.25, -0.2) is 9.97 Å². The zero-order chi connectivity index (χ0) is 10.7. The Morgan fingerprint density at radius 1 is 1.07 bits per heavy atom. The molecule has 0 fully saturated rings. The molecule has 0 unspecified atom stereocenters. The zero-order valence-corrected chi connectivity index (χ0v) is 9.53. The minimum Gasteiger partial charge on any atom is -0.481 e. The molecule has 1 aromatic rings. The van der Waals surface area contributed by atoms with E-state index in [0.717, 1.165) is 11.3 Å². The summed E-state index contributed by atoms with van der Waals surface area (Å²) >= 11 is 0. The molecule has 0 aliphatic heterocycles. The molecule has 0 bridgehead atoms. The van der Waals surface area contributed by atoms with Gasteiger partial charge in [0.05, 0.1) is 12.8 Å². The maximum Gasteiger partial charge on any atom is 0.219 e. The van der Waals surface area contributed by atoms with E-state index in [4.69, 9.17) is 4.74 Å². The van der Waals surface area contributed by atoms with Crippen molar-refractivity contribution in [3.63, 3.8) is 0 Å². The molecule has 0 aromatic carbocycles. The molecule has 1 rings (SSSR count). The Balaban J connectivity index is 3.28. The first-order chi connectivity index (χ1) is 6.57. The summed E-state index contributed by atoms with van der Waals surface area (Å²) in [4.78, 5) is 8.45. The Labute approximate surface area is 85.5 Å². The summed E-state index contributed by atoms with van der Waals surface area (Å²) in [6, 6.07) is 0. The van der Waals surface area contributed by atoms with Crippen LogP contribution in [0, 0.1) is 0 Å². The highest BCUT2D eigenvalue weighted by Gasteiger charge is 2.17. The average molecular weight is 194 g/mol. The van der Waals surface area contributed by atoms with Crippen molar-refractivity contribution >= 4 is 0 Å². The van der Waals surface area contributed by atoms with E-state index in [2.05, 4.69) is 37.7 Å². The van der Waals surface area contributed by atoms with E-state index in [1.54, 1.807) is 13.4 Å². The van der Waals surface area contributed by atoms with Crippen LogP contribution in [0.4, 0.5) is 0 Å². The molecule has 3 heteroatoms. The van der Waals surface area contributed by atoms with Crippen LogP contribution in [0.3, 0.4) is 0 Å². The van der Waals surface area contributed by atoms with E-state index in [0.29, 0.717) is 17.7 Å². The van der Waals surface area contributed by atoms with Gasteiger partial charge in [-0.3, -0.25) is 0 Å². The number of hydrogen-bond donors (Lipinski definition) is 0. The van der Waals surface area contributed by atoms with Gasteiger partial charge in [0.25, 0.3) is 0 Å². The Kier molecular flexibility index (Phi) is 3.44. The van der Waals surface area contributed by atoms with Crippen LogP contribution >= 0.6 is 0 Å². The van der Waals surface area contributed by atoms with Gasteiger partial charge in [-0.15, -0.1) is 0 Å². The van der Waals surface area contributed by atoms with E-state index >= 15 is 0 Å². The largest absolute Gasteiger partial charge is 0.481 e. The fourth-order valence-corrected chi connectivity index (χ4v) is 1.56. The molecule has 0 amide bonds. The Bertz CT molecular complexity index is 308. The molecule has 3 nitrogen and oxygen atoms in total. The number of methoxy groups -OCH3 is 1. The standard InChI is InChI=1S/C11H18N2O/c1-7(2)9-10(8(3)4)12-6-13-11(9)14-5/h6-8H,1-5H3. The van der Waals surface area contributed by atoms with Crippen LogP contribution in [0.5, 0.6) is 5.88 Å². The van der Waals surface area contributed by atoms with Crippen molar-refractivity contribution in [2.24, 2.45) is 0 Å². The van der Waals surface area contributed by atoms with Gasteiger partial charge in [-0.05, 0) is 11.8 Å². The summed E-state index contributed by atoms with van der Waals surface area (Å²) in [7, 11) is 1.65. The SMILES string of the molecule is COc1ncnc(C(C)C)c1C(C)C. The fraction of sp³-hybridized carbons (Fsp3) is 0.636. The van der Waals surface area contributed by atoms with Crippen LogP contribution in [0.25, 0.3) is 0 Å². The van der Waals surface area contributed by atoms with Crippen molar-refractivity contribution in [3.8, 4) is 5.88 Å². The van der Waals surface area contributed by atoms with Crippen LogP contribution < -0.4 is 4.74 Å². The molecule has 1 aromatic heterocycles. The van der Waals surface area contributed by atoms with Crippen LogP contribution in [-0.2, 0) is 0 Å². The second kappa shape index (κ2) is 4.40. The maximum atomic E-state index is 5.25. The van der Waals surface area contributed by atoms with Crippen molar-refractivity contribution in [1.82, 2.24) is 9.97 Å². The van der Waals surface area contributed by atoms with Crippen LogP contribution in [0.2, 0.25) is 0 Å². The van der Waals surface area contributed by atoms with Gasteiger partial charge < -0.3 is 4.74 Å². The third kappa shape index (κ3) is 2.03. The van der Waals surface area contributed by atoms with E-state index < -0.39 is 0 Å².